The Labute approximate surface area is 112 Å². The Bertz CT molecular complexity index is 267. The maximum absolute atomic E-state index is 7.58. The normalized spacial score (nSPS) is 20.9. The second-order valence-electron chi connectivity index (χ2n) is 6.18. The molecule has 1 aliphatic rings. The molecule has 0 bridgehead atoms. The third-order valence-corrected chi connectivity index (χ3v) is 4.40. The molecule has 1 atom stereocenters. The Morgan fingerprint density at radius 2 is 1.83 bits per heavy atom. The van der Waals surface area contributed by atoms with E-state index in [1.807, 2.05) is 0 Å². The van der Waals surface area contributed by atoms with E-state index in [9.17, 15) is 0 Å². The smallest absolute Gasteiger partial charge is 0.0963 e. The number of hydrogen-bond acceptors (Lipinski definition) is 3. The average Bonchev–Trinajstić information content (AvgIpc) is 2.36. The van der Waals surface area contributed by atoms with Gasteiger partial charge in [-0.25, -0.2) is 0 Å². The maximum Gasteiger partial charge on any atom is 0.0963 e. The second kappa shape index (κ2) is 6.53. The summed E-state index contributed by atoms with van der Waals surface area (Å²) in [6, 6.07) is 0.709. The lowest BCUT2D eigenvalue weighted by Crippen LogP contribution is -2.50. The lowest BCUT2D eigenvalue weighted by atomic mass is 9.88. The summed E-state index contributed by atoms with van der Waals surface area (Å²) in [5.41, 5.74) is 5.46. The molecule has 18 heavy (non-hydrogen) atoms. The molecule has 0 aromatic carbocycles. The van der Waals surface area contributed by atoms with Gasteiger partial charge in [0.2, 0.25) is 0 Å². The molecule has 0 aliphatic carbocycles. The van der Waals surface area contributed by atoms with Crippen molar-refractivity contribution in [3.8, 4) is 0 Å². The molecule has 0 amide bonds. The van der Waals surface area contributed by atoms with Crippen LogP contribution < -0.4 is 5.73 Å². The van der Waals surface area contributed by atoms with Crippen molar-refractivity contribution in [2.24, 2.45) is 11.1 Å². The first-order valence-corrected chi connectivity index (χ1v) is 7.17. The van der Waals surface area contributed by atoms with Crippen LogP contribution in [-0.2, 0) is 0 Å². The molecule has 1 rings (SSSR count). The molecular weight excluding hydrogens is 224 g/mol. The van der Waals surface area contributed by atoms with E-state index in [0.29, 0.717) is 11.9 Å². The van der Waals surface area contributed by atoms with Crippen LogP contribution >= 0.6 is 0 Å². The largest absolute Gasteiger partial charge is 0.387 e. The molecule has 106 valence electrons. The Balaban J connectivity index is 2.30. The predicted octanol–water partition coefficient (Wildman–Crippen LogP) is 1.75. The zero-order valence-electron chi connectivity index (χ0n) is 12.5. The molecular formula is C14H30N4. The number of piperazine rings is 1. The Hall–Kier alpha value is -0.610. The van der Waals surface area contributed by atoms with Crippen molar-refractivity contribution in [2.45, 2.75) is 46.6 Å². The third-order valence-electron chi connectivity index (χ3n) is 4.40. The van der Waals surface area contributed by atoms with Crippen LogP contribution in [0.1, 0.15) is 40.5 Å². The first-order chi connectivity index (χ1) is 8.36. The van der Waals surface area contributed by atoms with E-state index in [1.165, 1.54) is 19.5 Å². The number of nitrogens with one attached hydrogen (secondary N) is 1. The van der Waals surface area contributed by atoms with Crippen molar-refractivity contribution < 1.29 is 0 Å². The lowest BCUT2D eigenvalue weighted by Gasteiger charge is -2.38. The molecule has 3 N–H and O–H groups in total. The molecule has 1 saturated heterocycles. The summed E-state index contributed by atoms with van der Waals surface area (Å²) in [6.45, 7) is 14.4. The van der Waals surface area contributed by atoms with E-state index in [2.05, 4.69) is 37.5 Å². The van der Waals surface area contributed by atoms with Gasteiger partial charge in [0.05, 0.1) is 5.84 Å². The quantitative estimate of drug-likeness (QED) is 0.561. The van der Waals surface area contributed by atoms with E-state index < -0.39 is 0 Å². The fraction of sp³-hybridized carbons (Fsp3) is 0.929. The number of nitrogens with zero attached hydrogens (tertiary/aromatic N) is 2. The number of amidine groups is 1. The van der Waals surface area contributed by atoms with Crippen LogP contribution in [0.15, 0.2) is 0 Å². The van der Waals surface area contributed by atoms with Crippen LogP contribution in [0.3, 0.4) is 0 Å². The van der Waals surface area contributed by atoms with Gasteiger partial charge in [-0.3, -0.25) is 10.3 Å². The van der Waals surface area contributed by atoms with Gasteiger partial charge in [0.25, 0.3) is 0 Å². The zero-order chi connectivity index (χ0) is 13.8. The summed E-state index contributed by atoms with van der Waals surface area (Å²) < 4.78 is 0. The fourth-order valence-electron chi connectivity index (χ4n) is 2.26. The van der Waals surface area contributed by atoms with Crippen LogP contribution in [0.4, 0.5) is 0 Å². The Kier molecular flexibility index (Phi) is 5.60. The molecule has 0 aromatic heterocycles. The van der Waals surface area contributed by atoms with Gasteiger partial charge in [0.15, 0.2) is 0 Å². The summed E-state index contributed by atoms with van der Waals surface area (Å²) >= 11 is 0. The van der Waals surface area contributed by atoms with Crippen LogP contribution in [0, 0.1) is 10.8 Å². The van der Waals surface area contributed by atoms with E-state index in [-0.39, 0.29) is 5.41 Å². The molecule has 0 saturated carbocycles. The minimum atomic E-state index is -0.159. The first-order valence-electron chi connectivity index (χ1n) is 7.17. The molecule has 0 radical (unpaired) electrons. The van der Waals surface area contributed by atoms with Gasteiger partial charge in [0.1, 0.15) is 0 Å². The van der Waals surface area contributed by atoms with Gasteiger partial charge in [-0.15, -0.1) is 0 Å². The second-order valence-corrected chi connectivity index (χ2v) is 6.18. The van der Waals surface area contributed by atoms with Crippen molar-refractivity contribution in [1.29, 1.82) is 5.41 Å². The molecule has 1 unspecified atom stereocenters. The lowest BCUT2D eigenvalue weighted by molar-refractivity contribution is 0.0956. The first kappa shape index (κ1) is 15.4. The van der Waals surface area contributed by atoms with Crippen molar-refractivity contribution in [3.63, 3.8) is 0 Å². The number of hydrogen-bond donors (Lipinski definition) is 2. The highest BCUT2D eigenvalue weighted by atomic mass is 15.3. The summed E-state index contributed by atoms with van der Waals surface area (Å²) in [5, 5.41) is 7.58. The fourth-order valence-corrected chi connectivity index (χ4v) is 2.26. The van der Waals surface area contributed by atoms with Crippen LogP contribution in [0.25, 0.3) is 0 Å². The molecule has 0 spiro atoms. The Morgan fingerprint density at radius 1 is 1.28 bits per heavy atom. The van der Waals surface area contributed by atoms with Gasteiger partial charge in [-0.2, -0.15) is 0 Å². The SMILES string of the molecule is CCC(C)N1CCN(CCC(C)(C)C(=N)N)CC1. The number of nitrogens with two attached hydrogens (primary N) is 1. The van der Waals surface area contributed by atoms with Crippen molar-refractivity contribution >= 4 is 5.84 Å². The number of rotatable bonds is 6. The highest BCUT2D eigenvalue weighted by Gasteiger charge is 2.25. The minimum absolute atomic E-state index is 0.159. The van der Waals surface area contributed by atoms with Crippen molar-refractivity contribution in [1.82, 2.24) is 9.80 Å². The minimum Gasteiger partial charge on any atom is -0.387 e. The van der Waals surface area contributed by atoms with E-state index in [4.69, 9.17) is 11.1 Å². The van der Waals surface area contributed by atoms with Gasteiger partial charge < -0.3 is 10.6 Å². The summed E-state index contributed by atoms with van der Waals surface area (Å²) in [5.74, 6) is 0.306. The topological polar surface area (TPSA) is 56.4 Å². The zero-order valence-corrected chi connectivity index (χ0v) is 12.5. The molecule has 1 aliphatic heterocycles. The Morgan fingerprint density at radius 3 is 2.28 bits per heavy atom. The van der Waals surface area contributed by atoms with E-state index in [0.717, 1.165) is 26.1 Å². The molecule has 1 heterocycles. The summed E-state index contributed by atoms with van der Waals surface area (Å²) in [7, 11) is 0. The van der Waals surface area contributed by atoms with Crippen LogP contribution in [0.2, 0.25) is 0 Å². The predicted molar refractivity (Wildman–Crippen MR) is 78.1 cm³/mol. The highest BCUT2D eigenvalue weighted by Crippen LogP contribution is 2.20. The maximum atomic E-state index is 7.58. The standard InChI is InChI=1S/C14H30N4/c1-5-12(2)18-10-8-17(9-11-18)7-6-14(3,4)13(15)16/h12H,5-11H2,1-4H3,(H3,15,16). The van der Waals surface area contributed by atoms with Crippen molar-refractivity contribution in [2.75, 3.05) is 32.7 Å². The third kappa shape index (κ3) is 4.25. The van der Waals surface area contributed by atoms with Gasteiger partial charge in [-0.05, 0) is 26.3 Å². The van der Waals surface area contributed by atoms with Gasteiger partial charge >= 0.3 is 0 Å². The van der Waals surface area contributed by atoms with E-state index >= 15 is 0 Å². The molecule has 0 aromatic rings. The summed E-state index contributed by atoms with van der Waals surface area (Å²) in [4.78, 5) is 5.08. The van der Waals surface area contributed by atoms with Crippen LogP contribution in [0.5, 0.6) is 0 Å². The highest BCUT2D eigenvalue weighted by molar-refractivity contribution is 5.82. The summed E-state index contributed by atoms with van der Waals surface area (Å²) in [6.07, 6.45) is 2.21. The van der Waals surface area contributed by atoms with Crippen LogP contribution in [-0.4, -0.2) is 54.4 Å². The van der Waals surface area contributed by atoms with E-state index in [1.54, 1.807) is 0 Å². The average molecular weight is 254 g/mol. The van der Waals surface area contributed by atoms with Crippen molar-refractivity contribution in [3.05, 3.63) is 0 Å². The monoisotopic (exact) mass is 254 g/mol. The molecule has 4 nitrogen and oxygen atoms in total. The van der Waals surface area contributed by atoms with Gasteiger partial charge in [0, 0.05) is 37.6 Å². The molecule has 1 fully saturated rings. The van der Waals surface area contributed by atoms with Gasteiger partial charge in [-0.1, -0.05) is 20.8 Å². The molecule has 4 heteroatoms.